The lowest BCUT2D eigenvalue weighted by Crippen LogP contribution is -2.25. The van der Waals surface area contributed by atoms with Gasteiger partial charge in [-0.05, 0) is 46.3 Å². The summed E-state index contributed by atoms with van der Waals surface area (Å²) in [6.45, 7) is 0.246. The first-order valence-electron chi connectivity index (χ1n) is 8.65. The van der Waals surface area contributed by atoms with Gasteiger partial charge >= 0.3 is 0 Å². The highest BCUT2D eigenvalue weighted by atomic mass is 79.9. The molecular weight excluding hydrogens is 422 g/mol. The van der Waals surface area contributed by atoms with Gasteiger partial charge in [0.15, 0.2) is 5.82 Å². The Hall–Kier alpha value is -3.13. The van der Waals surface area contributed by atoms with Crippen molar-refractivity contribution in [2.45, 2.75) is 6.54 Å². The molecular formula is C20H18BrN5O2. The van der Waals surface area contributed by atoms with Crippen molar-refractivity contribution in [1.82, 2.24) is 25.1 Å². The smallest absolute Gasteiger partial charge is 0.269 e. The highest BCUT2D eigenvalue weighted by Gasteiger charge is 2.19. The lowest BCUT2D eigenvalue weighted by atomic mass is 10.2. The molecule has 142 valence electrons. The van der Waals surface area contributed by atoms with E-state index in [1.54, 1.807) is 7.11 Å². The van der Waals surface area contributed by atoms with Crippen LogP contribution in [0.4, 0.5) is 0 Å². The number of halogens is 1. The summed E-state index contributed by atoms with van der Waals surface area (Å²) < 4.78 is 7.81. The summed E-state index contributed by atoms with van der Waals surface area (Å²) in [6.07, 6.45) is 0. The fourth-order valence-electron chi connectivity index (χ4n) is 3.09. The van der Waals surface area contributed by atoms with Crippen molar-refractivity contribution in [3.05, 3.63) is 64.5 Å². The molecule has 0 bridgehead atoms. The Morgan fingerprint density at radius 2 is 1.96 bits per heavy atom. The van der Waals surface area contributed by atoms with Crippen LogP contribution in [0, 0.1) is 0 Å². The zero-order chi connectivity index (χ0) is 19.7. The van der Waals surface area contributed by atoms with E-state index in [4.69, 9.17) is 4.74 Å². The Balaban J connectivity index is 1.49. The van der Waals surface area contributed by atoms with Crippen LogP contribution in [0.15, 0.2) is 53.0 Å². The fraction of sp³-hybridized carbons (Fsp3) is 0.150. The van der Waals surface area contributed by atoms with E-state index in [2.05, 4.69) is 36.4 Å². The van der Waals surface area contributed by atoms with Gasteiger partial charge in [0.05, 0.1) is 18.1 Å². The minimum Gasteiger partial charge on any atom is -0.497 e. The molecule has 4 rings (SSSR count). The first-order valence-corrected chi connectivity index (χ1v) is 9.44. The van der Waals surface area contributed by atoms with Gasteiger partial charge < -0.3 is 14.6 Å². The second-order valence-corrected chi connectivity index (χ2v) is 7.05. The average Bonchev–Trinajstić information content (AvgIpc) is 3.30. The van der Waals surface area contributed by atoms with E-state index < -0.39 is 0 Å². The number of hydrogen-bond acceptors (Lipinski definition) is 4. The van der Waals surface area contributed by atoms with E-state index in [1.807, 2.05) is 60.1 Å². The van der Waals surface area contributed by atoms with Gasteiger partial charge in [-0.2, -0.15) is 5.10 Å². The summed E-state index contributed by atoms with van der Waals surface area (Å²) in [5.41, 5.74) is 2.42. The molecule has 7 nitrogen and oxygen atoms in total. The molecule has 2 N–H and O–H groups in total. The summed E-state index contributed by atoms with van der Waals surface area (Å²) in [7, 11) is 3.49. The third-order valence-corrected chi connectivity index (χ3v) is 5.36. The summed E-state index contributed by atoms with van der Waals surface area (Å²) in [4.78, 5) is 17.2. The zero-order valence-corrected chi connectivity index (χ0v) is 16.9. The maximum Gasteiger partial charge on any atom is 0.269 e. The van der Waals surface area contributed by atoms with Gasteiger partial charge in [0.1, 0.15) is 17.3 Å². The Labute approximate surface area is 169 Å². The third-order valence-electron chi connectivity index (χ3n) is 4.56. The van der Waals surface area contributed by atoms with Crippen molar-refractivity contribution in [3.63, 3.8) is 0 Å². The van der Waals surface area contributed by atoms with E-state index in [9.17, 15) is 4.79 Å². The van der Waals surface area contributed by atoms with Crippen LogP contribution in [0.1, 0.15) is 16.3 Å². The quantitative estimate of drug-likeness (QED) is 0.496. The molecule has 0 aliphatic carbocycles. The second-order valence-electron chi connectivity index (χ2n) is 6.26. The van der Waals surface area contributed by atoms with E-state index in [0.29, 0.717) is 17.3 Å². The SMILES string of the molecule is COc1ccc(-c2n[nH]c(CNC(=O)c3c(Br)c4ccccc4n3C)n2)cc1. The molecule has 0 unspecified atom stereocenters. The maximum absolute atomic E-state index is 12.7. The van der Waals surface area contributed by atoms with Gasteiger partial charge in [-0.3, -0.25) is 9.89 Å². The van der Waals surface area contributed by atoms with E-state index in [0.717, 1.165) is 26.7 Å². The number of H-pyrrole nitrogens is 1. The predicted molar refractivity (Wildman–Crippen MR) is 110 cm³/mol. The summed E-state index contributed by atoms with van der Waals surface area (Å²) >= 11 is 3.55. The highest BCUT2D eigenvalue weighted by molar-refractivity contribution is 9.10. The molecule has 0 spiro atoms. The number of ether oxygens (including phenoxy) is 1. The van der Waals surface area contributed by atoms with Crippen molar-refractivity contribution >= 4 is 32.7 Å². The number of rotatable bonds is 5. The molecule has 0 atom stereocenters. The van der Waals surface area contributed by atoms with Gasteiger partial charge in [0, 0.05) is 23.5 Å². The lowest BCUT2D eigenvalue weighted by Gasteiger charge is -2.05. The average molecular weight is 440 g/mol. The number of para-hydroxylation sites is 1. The number of amides is 1. The molecule has 0 aliphatic heterocycles. The normalized spacial score (nSPS) is 11.0. The summed E-state index contributed by atoms with van der Waals surface area (Å²) in [5.74, 6) is 1.73. The summed E-state index contributed by atoms with van der Waals surface area (Å²) in [5, 5.41) is 11.0. The van der Waals surface area contributed by atoms with Crippen molar-refractivity contribution in [2.24, 2.45) is 7.05 Å². The number of aryl methyl sites for hydroxylation is 1. The second kappa shape index (κ2) is 7.47. The minimum atomic E-state index is -0.187. The fourth-order valence-corrected chi connectivity index (χ4v) is 3.87. The molecule has 0 saturated heterocycles. The molecule has 0 aliphatic rings. The largest absolute Gasteiger partial charge is 0.497 e. The number of carbonyl (C=O) groups is 1. The first kappa shape index (κ1) is 18.2. The van der Waals surface area contributed by atoms with Crippen LogP contribution in [0.2, 0.25) is 0 Å². The number of nitrogens with zero attached hydrogens (tertiary/aromatic N) is 3. The van der Waals surface area contributed by atoms with Gasteiger partial charge in [-0.1, -0.05) is 18.2 Å². The molecule has 2 heterocycles. The molecule has 4 aromatic rings. The topological polar surface area (TPSA) is 84.8 Å². The molecule has 0 fully saturated rings. The standard InChI is InChI=1S/C20H18BrN5O2/c1-26-15-6-4-3-5-14(15)17(21)18(26)20(27)22-11-16-23-19(25-24-16)12-7-9-13(28-2)10-8-12/h3-10H,11H2,1-2H3,(H,22,27)(H,23,24,25). The zero-order valence-electron chi connectivity index (χ0n) is 15.4. The molecule has 1 amide bonds. The van der Waals surface area contributed by atoms with Crippen LogP contribution in [0.3, 0.4) is 0 Å². The predicted octanol–water partition coefficient (Wildman–Crippen LogP) is 3.66. The Bertz CT molecular complexity index is 1110. The molecule has 8 heteroatoms. The number of nitrogens with one attached hydrogen (secondary N) is 2. The molecule has 0 radical (unpaired) electrons. The Morgan fingerprint density at radius 3 is 2.68 bits per heavy atom. The van der Waals surface area contributed by atoms with Gasteiger partial charge in [-0.25, -0.2) is 4.98 Å². The molecule has 28 heavy (non-hydrogen) atoms. The molecule has 2 aromatic carbocycles. The Morgan fingerprint density at radius 1 is 1.21 bits per heavy atom. The van der Waals surface area contributed by atoms with Crippen LogP contribution in [-0.2, 0) is 13.6 Å². The van der Waals surface area contributed by atoms with Crippen LogP contribution in [0.25, 0.3) is 22.3 Å². The van der Waals surface area contributed by atoms with Crippen LogP contribution in [-0.4, -0.2) is 32.8 Å². The molecule has 0 saturated carbocycles. The number of methoxy groups -OCH3 is 1. The minimum absolute atomic E-state index is 0.187. The monoisotopic (exact) mass is 439 g/mol. The summed E-state index contributed by atoms with van der Waals surface area (Å²) in [6, 6.07) is 15.3. The van der Waals surface area contributed by atoms with Crippen molar-refractivity contribution in [2.75, 3.05) is 7.11 Å². The van der Waals surface area contributed by atoms with Crippen molar-refractivity contribution in [3.8, 4) is 17.1 Å². The van der Waals surface area contributed by atoms with Crippen molar-refractivity contribution < 1.29 is 9.53 Å². The maximum atomic E-state index is 12.7. The van der Waals surface area contributed by atoms with Gasteiger partial charge in [-0.15, -0.1) is 0 Å². The highest BCUT2D eigenvalue weighted by Crippen LogP contribution is 2.30. The Kier molecular flexibility index (Phi) is 4.87. The van der Waals surface area contributed by atoms with Crippen LogP contribution in [0.5, 0.6) is 5.75 Å². The van der Waals surface area contributed by atoms with Crippen molar-refractivity contribution in [1.29, 1.82) is 0 Å². The van der Waals surface area contributed by atoms with Gasteiger partial charge in [0.2, 0.25) is 0 Å². The number of aromatic amines is 1. The van der Waals surface area contributed by atoms with E-state index in [1.165, 1.54) is 0 Å². The third kappa shape index (κ3) is 3.27. The number of carbonyl (C=O) groups excluding carboxylic acids is 1. The van der Waals surface area contributed by atoms with Crippen LogP contribution >= 0.6 is 15.9 Å². The first-order chi connectivity index (χ1) is 13.6. The van der Waals surface area contributed by atoms with E-state index in [-0.39, 0.29) is 12.5 Å². The number of fused-ring (bicyclic) bond motifs is 1. The van der Waals surface area contributed by atoms with Crippen LogP contribution < -0.4 is 10.1 Å². The van der Waals surface area contributed by atoms with E-state index >= 15 is 0 Å². The van der Waals surface area contributed by atoms with Gasteiger partial charge in [0.25, 0.3) is 5.91 Å². The number of benzene rings is 2. The lowest BCUT2D eigenvalue weighted by molar-refractivity contribution is 0.0941. The number of hydrogen-bond donors (Lipinski definition) is 2. The molecule has 2 aromatic heterocycles. The number of aromatic nitrogens is 4.